The summed E-state index contributed by atoms with van der Waals surface area (Å²) in [4.78, 5) is 8.51. The van der Waals surface area contributed by atoms with E-state index in [-0.39, 0.29) is 7.69 Å². The normalized spacial score (nSPS) is 10.6. The molecule has 158 valence electrons. The predicted octanol–water partition coefficient (Wildman–Crippen LogP) is 3.42. The highest BCUT2D eigenvalue weighted by atomic mass is 16.6. The van der Waals surface area contributed by atoms with E-state index in [9.17, 15) is 0 Å². The molecule has 0 unspecified atom stereocenters. The van der Waals surface area contributed by atoms with Crippen LogP contribution in [0.1, 0.15) is 11.4 Å². The van der Waals surface area contributed by atoms with Gasteiger partial charge in [-0.1, -0.05) is 0 Å². The smallest absolute Gasteiger partial charge is 0.528 e. The first-order chi connectivity index (χ1) is 15.1. The second-order valence-corrected chi connectivity index (χ2v) is 6.92. The van der Waals surface area contributed by atoms with Crippen molar-refractivity contribution in [3.63, 3.8) is 0 Å². The molecule has 2 aromatic heterocycles. The molecule has 0 saturated heterocycles. The highest BCUT2D eigenvalue weighted by Crippen LogP contribution is 2.29. The zero-order valence-corrected chi connectivity index (χ0v) is 17.9. The summed E-state index contributed by atoms with van der Waals surface area (Å²) in [7, 11) is 3.29. The van der Waals surface area contributed by atoms with Crippen LogP contribution in [0.25, 0.3) is 11.4 Å². The molecule has 8 nitrogen and oxygen atoms in total. The van der Waals surface area contributed by atoms with Gasteiger partial charge in [0.15, 0.2) is 0 Å². The van der Waals surface area contributed by atoms with Gasteiger partial charge in [0.2, 0.25) is 0 Å². The number of benzene rings is 2. The Morgan fingerprint density at radius 1 is 0.710 bits per heavy atom. The average Bonchev–Trinajstić information content (AvgIpc) is 3.41. The lowest BCUT2D eigenvalue weighted by atomic mass is 10.2. The van der Waals surface area contributed by atoms with Crippen LogP contribution < -0.4 is 18.8 Å². The van der Waals surface area contributed by atoms with Gasteiger partial charge in [0, 0.05) is 24.5 Å². The molecule has 2 heterocycles. The first-order valence-corrected chi connectivity index (χ1v) is 9.71. The van der Waals surface area contributed by atoms with Crippen LogP contribution in [-0.2, 0) is 0 Å². The number of hydrogen-bond donors (Lipinski definition) is 0. The van der Waals surface area contributed by atoms with Crippen molar-refractivity contribution in [1.29, 1.82) is 0 Å². The summed E-state index contributed by atoms with van der Waals surface area (Å²) in [6.07, 6.45) is 7.37. The minimum Gasteiger partial charge on any atom is -0.528 e. The van der Waals surface area contributed by atoms with Crippen molar-refractivity contribution in [2.75, 3.05) is 14.2 Å². The molecule has 0 bridgehead atoms. The van der Waals surface area contributed by atoms with Gasteiger partial charge in [-0.05, 0) is 38.1 Å². The Labute approximate surface area is 181 Å². The number of imidazole rings is 2. The Morgan fingerprint density at radius 3 is 1.52 bits per heavy atom. The topological polar surface area (TPSA) is 72.6 Å². The lowest BCUT2D eigenvalue weighted by Gasteiger charge is -2.14. The van der Waals surface area contributed by atoms with Crippen molar-refractivity contribution in [3.05, 3.63) is 72.8 Å². The minimum absolute atomic E-state index is 0.0410. The quantitative estimate of drug-likeness (QED) is 0.409. The van der Waals surface area contributed by atoms with E-state index in [1.165, 1.54) is 0 Å². The molecule has 4 aromatic rings. The molecule has 0 aliphatic heterocycles. The number of hydrogen-bond acceptors (Lipinski definition) is 6. The van der Waals surface area contributed by atoms with Crippen LogP contribution in [0.3, 0.4) is 0 Å². The number of aromatic nitrogens is 4. The summed E-state index contributed by atoms with van der Waals surface area (Å²) in [6, 6.07) is 11.2. The van der Waals surface area contributed by atoms with E-state index in [1.54, 1.807) is 26.9 Å². The van der Waals surface area contributed by atoms with E-state index in [0.717, 1.165) is 22.8 Å². The molecule has 0 aliphatic rings. The van der Waals surface area contributed by atoms with Crippen molar-refractivity contribution in [2.24, 2.45) is 0 Å². The lowest BCUT2D eigenvalue weighted by molar-refractivity contribution is 0.404. The van der Waals surface area contributed by atoms with Crippen LogP contribution in [0.5, 0.6) is 23.0 Å². The third-order valence-corrected chi connectivity index (χ3v) is 4.73. The number of ether oxygens (including phenoxy) is 2. The van der Waals surface area contributed by atoms with Crippen LogP contribution in [-0.4, -0.2) is 41.0 Å². The Kier molecular flexibility index (Phi) is 5.84. The Hall–Kier alpha value is -3.88. The standard InChI is InChI=1S/C22H23BN4O4/c1-15-11-26(13-24-15)19-7-5-17(9-21(19)28-3)30-23-31-18-6-8-20(22(10-18)29-4)27-12-16(2)25-14-27/h5-14,23H,1-4H3. The SMILES string of the molecule is COc1cc(OBOc2ccc(-n3cnc(C)c3)c(OC)c2)ccc1-n1cnc(C)c1. The highest BCUT2D eigenvalue weighted by molar-refractivity contribution is 6.20. The van der Waals surface area contributed by atoms with Crippen LogP contribution in [0.15, 0.2) is 61.4 Å². The molecule has 0 radical (unpaired) electrons. The van der Waals surface area contributed by atoms with E-state index in [1.807, 2.05) is 71.8 Å². The summed E-state index contributed by atoms with van der Waals surface area (Å²) in [6.45, 7) is 3.88. The van der Waals surface area contributed by atoms with E-state index in [0.29, 0.717) is 23.0 Å². The Bertz CT molecular complexity index is 1100. The molecule has 0 atom stereocenters. The van der Waals surface area contributed by atoms with Gasteiger partial charge in [0.05, 0.1) is 49.6 Å². The zero-order valence-electron chi connectivity index (χ0n) is 17.9. The van der Waals surface area contributed by atoms with Gasteiger partial charge in [0.25, 0.3) is 0 Å². The largest absolute Gasteiger partial charge is 0.576 e. The average molecular weight is 418 g/mol. The molecule has 0 saturated carbocycles. The third kappa shape index (κ3) is 4.50. The Balaban J connectivity index is 1.43. The van der Waals surface area contributed by atoms with Gasteiger partial charge in [0.1, 0.15) is 23.0 Å². The van der Waals surface area contributed by atoms with E-state index in [2.05, 4.69) is 9.97 Å². The predicted molar refractivity (Wildman–Crippen MR) is 118 cm³/mol. The summed E-state index contributed by atoms with van der Waals surface area (Å²) >= 11 is 0. The van der Waals surface area contributed by atoms with Gasteiger partial charge in [-0.25, -0.2) is 9.97 Å². The molecule has 2 aromatic carbocycles. The maximum Gasteiger partial charge on any atom is 0.576 e. The molecule has 0 aliphatic carbocycles. The monoisotopic (exact) mass is 418 g/mol. The fraction of sp³-hybridized carbons (Fsp3) is 0.182. The number of rotatable bonds is 8. The van der Waals surface area contributed by atoms with Crippen molar-refractivity contribution >= 4 is 7.69 Å². The molecule has 0 spiro atoms. The highest BCUT2D eigenvalue weighted by Gasteiger charge is 2.11. The maximum absolute atomic E-state index is 5.76. The Morgan fingerprint density at radius 2 is 1.16 bits per heavy atom. The second kappa shape index (κ2) is 8.87. The lowest BCUT2D eigenvalue weighted by Crippen LogP contribution is -2.11. The van der Waals surface area contributed by atoms with Crippen LogP contribution in [0.4, 0.5) is 0 Å². The molecule has 0 amide bonds. The molecular weight excluding hydrogens is 395 g/mol. The van der Waals surface area contributed by atoms with Crippen molar-refractivity contribution in [3.8, 4) is 34.4 Å². The van der Waals surface area contributed by atoms with E-state index < -0.39 is 0 Å². The first kappa shape index (κ1) is 20.4. The van der Waals surface area contributed by atoms with Crippen LogP contribution in [0, 0.1) is 13.8 Å². The number of methoxy groups -OCH3 is 2. The van der Waals surface area contributed by atoms with Crippen molar-refractivity contribution in [2.45, 2.75) is 13.8 Å². The fourth-order valence-electron chi connectivity index (χ4n) is 3.19. The molecular formula is C22H23BN4O4. The van der Waals surface area contributed by atoms with Crippen molar-refractivity contribution in [1.82, 2.24) is 19.1 Å². The summed E-state index contributed by atoms with van der Waals surface area (Å²) in [5, 5.41) is 0. The molecule has 0 N–H and O–H groups in total. The maximum atomic E-state index is 5.76. The summed E-state index contributed by atoms with van der Waals surface area (Å²) in [5.41, 5.74) is 3.62. The zero-order chi connectivity index (χ0) is 21.8. The van der Waals surface area contributed by atoms with E-state index >= 15 is 0 Å². The van der Waals surface area contributed by atoms with Gasteiger partial charge < -0.3 is 27.9 Å². The summed E-state index contributed by atoms with van der Waals surface area (Å²) in [5.74, 6) is 2.62. The van der Waals surface area contributed by atoms with Gasteiger partial charge in [-0.15, -0.1) is 0 Å². The van der Waals surface area contributed by atoms with Crippen LogP contribution in [0.2, 0.25) is 0 Å². The first-order valence-electron chi connectivity index (χ1n) is 9.71. The number of aryl methyl sites for hydroxylation is 2. The number of nitrogens with zero attached hydrogens (tertiary/aromatic N) is 4. The van der Waals surface area contributed by atoms with Crippen LogP contribution >= 0.6 is 0 Å². The second-order valence-electron chi connectivity index (χ2n) is 6.92. The molecule has 9 heteroatoms. The summed E-state index contributed by atoms with van der Waals surface area (Å²) < 4.78 is 26.3. The minimum atomic E-state index is 0.0410. The molecule has 31 heavy (non-hydrogen) atoms. The molecule has 0 fully saturated rings. The fourth-order valence-corrected chi connectivity index (χ4v) is 3.19. The van der Waals surface area contributed by atoms with E-state index in [4.69, 9.17) is 18.8 Å². The van der Waals surface area contributed by atoms with Crippen molar-refractivity contribution < 1.29 is 18.8 Å². The van der Waals surface area contributed by atoms with Gasteiger partial charge in [-0.2, -0.15) is 0 Å². The third-order valence-electron chi connectivity index (χ3n) is 4.73. The van der Waals surface area contributed by atoms with Gasteiger partial charge >= 0.3 is 7.69 Å². The molecule has 4 rings (SSSR count). The van der Waals surface area contributed by atoms with Gasteiger partial charge in [-0.3, -0.25) is 0 Å².